The van der Waals surface area contributed by atoms with Gasteiger partial charge in [0.05, 0.1) is 10.5 Å². The zero-order valence-electron chi connectivity index (χ0n) is 15.0. The molecule has 144 valence electrons. The molecule has 2 aromatic rings. The largest absolute Gasteiger partial charge is 0.373 e. The highest BCUT2D eigenvalue weighted by molar-refractivity contribution is 9.10. The number of carbonyl (C=O) groups is 1. The fraction of sp³-hybridized carbons (Fsp3) is 0.316. The van der Waals surface area contributed by atoms with Gasteiger partial charge in [0.1, 0.15) is 0 Å². The summed E-state index contributed by atoms with van der Waals surface area (Å²) >= 11 is 3.33. The maximum absolute atomic E-state index is 12.5. The maximum Gasteiger partial charge on any atom is 0.252 e. The maximum atomic E-state index is 12.5. The molecule has 0 radical (unpaired) electrons. The number of amides is 1. The average Bonchev–Trinajstić information content (AvgIpc) is 3.45. The predicted molar refractivity (Wildman–Crippen MR) is 110 cm³/mol. The van der Waals surface area contributed by atoms with Crippen molar-refractivity contribution in [2.45, 2.75) is 23.8 Å². The van der Waals surface area contributed by atoms with Crippen molar-refractivity contribution < 1.29 is 13.2 Å². The number of anilines is 1. The Morgan fingerprint density at radius 3 is 2.56 bits per heavy atom. The number of halogens is 1. The number of sulfonamides is 1. The average molecular weight is 452 g/mol. The highest BCUT2D eigenvalue weighted by Crippen LogP contribution is 2.25. The Hall–Kier alpha value is -1.90. The van der Waals surface area contributed by atoms with E-state index in [0.29, 0.717) is 23.1 Å². The Morgan fingerprint density at radius 1 is 1.19 bits per heavy atom. The SMILES string of the molecule is CN(CCNC(=O)c1cc(S(=O)(=O)NC2CC2)ccc1Br)c1ccccc1. The van der Waals surface area contributed by atoms with E-state index < -0.39 is 10.0 Å². The number of carbonyl (C=O) groups excluding carboxylic acids is 1. The minimum absolute atomic E-state index is 0.0180. The lowest BCUT2D eigenvalue weighted by Crippen LogP contribution is -2.33. The Bertz CT molecular complexity index is 915. The van der Waals surface area contributed by atoms with Crippen molar-refractivity contribution in [1.29, 1.82) is 0 Å². The smallest absolute Gasteiger partial charge is 0.252 e. The van der Waals surface area contributed by atoms with Gasteiger partial charge in [-0.2, -0.15) is 0 Å². The summed E-state index contributed by atoms with van der Waals surface area (Å²) in [6.07, 6.45) is 1.72. The molecular weight excluding hydrogens is 430 g/mol. The quantitative estimate of drug-likeness (QED) is 0.646. The van der Waals surface area contributed by atoms with E-state index in [9.17, 15) is 13.2 Å². The van der Waals surface area contributed by atoms with Crippen LogP contribution in [0.4, 0.5) is 5.69 Å². The minimum atomic E-state index is -3.60. The normalized spacial score (nSPS) is 14.0. The molecule has 3 rings (SSSR count). The zero-order chi connectivity index (χ0) is 19.4. The molecule has 0 bridgehead atoms. The van der Waals surface area contributed by atoms with Gasteiger partial charge in [-0.1, -0.05) is 18.2 Å². The minimum Gasteiger partial charge on any atom is -0.373 e. The van der Waals surface area contributed by atoms with E-state index in [4.69, 9.17) is 0 Å². The van der Waals surface area contributed by atoms with E-state index in [1.807, 2.05) is 42.3 Å². The van der Waals surface area contributed by atoms with Gasteiger partial charge < -0.3 is 10.2 Å². The van der Waals surface area contributed by atoms with Crippen LogP contribution in [0.15, 0.2) is 57.9 Å². The Morgan fingerprint density at radius 2 is 1.89 bits per heavy atom. The Labute approximate surface area is 168 Å². The molecule has 0 aliphatic heterocycles. The number of likely N-dealkylation sites (N-methyl/N-ethyl adjacent to an activating group) is 1. The van der Waals surface area contributed by atoms with Crippen LogP contribution in [0.1, 0.15) is 23.2 Å². The first-order chi connectivity index (χ1) is 12.9. The van der Waals surface area contributed by atoms with Crippen LogP contribution < -0.4 is 14.9 Å². The van der Waals surface area contributed by atoms with Gasteiger partial charge in [0.15, 0.2) is 0 Å². The number of benzene rings is 2. The third-order valence-corrected chi connectivity index (χ3v) is 6.53. The lowest BCUT2D eigenvalue weighted by atomic mass is 10.2. The van der Waals surface area contributed by atoms with Crippen LogP contribution in [-0.2, 0) is 10.0 Å². The lowest BCUT2D eigenvalue weighted by molar-refractivity contribution is 0.0953. The van der Waals surface area contributed by atoms with Gasteiger partial charge in [-0.25, -0.2) is 13.1 Å². The van der Waals surface area contributed by atoms with Gasteiger partial charge in [-0.3, -0.25) is 4.79 Å². The van der Waals surface area contributed by atoms with Gasteiger partial charge in [0, 0.05) is 36.3 Å². The molecule has 1 amide bonds. The van der Waals surface area contributed by atoms with E-state index in [-0.39, 0.29) is 16.8 Å². The molecule has 1 aliphatic carbocycles. The van der Waals surface area contributed by atoms with E-state index in [1.54, 1.807) is 6.07 Å². The summed E-state index contributed by atoms with van der Waals surface area (Å²) in [7, 11) is -1.65. The van der Waals surface area contributed by atoms with Crippen molar-refractivity contribution in [2.24, 2.45) is 0 Å². The molecular formula is C19H22BrN3O3S. The molecule has 0 saturated heterocycles. The number of hydrogen-bond donors (Lipinski definition) is 2. The molecule has 0 heterocycles. The van der Waals surface area contributed by atoms with Crippen LogP contribution in [0.3, 0.4) is 0 Å². The zero-order valence-corrected chi connectivity index (χ0v) is 17.4. The third-order valence-electron chi connectivity index (χ3n) is 4.32. The molecule has 0 spiro atoms. The summed E-state index contributed by atoms with van der Waals surface area (Å²) in [5.74, 6) is -0.313. The van der Waals surface area contributed by atoms with E-state index in [0.717, 1.165) is 18.5 Å². The second-order valence-corrected chi connectivity index (χ2v) is 9.12. The molecule has 0 aromatic heterocycles. The van der Waals surface area contributed by atoms with Gasteiger partial charge in [0.25, 0.3) is 5.91 Å². The Kier molecular flexibility index (Phi) is 6.18. The van der Waals surface area contributed by atoms with Crippen LogP contribution in [0.25, 0.3) is 0 Å². The van der Waals surface area contributed by atoms with Gasteiger partial charge in [-0.05, 0) is 59.1 Å². The van der Waals surface area contributed by atoms with Crippen molar-refractivity contribution in [1.82, 2.24) is 10.0 Å². The first-order valence-corrected chi connectivity index (χ1v) is 11.0. The molecule has 1 fully saturated rings. The molecule has 1 saturated carbocycles. The molecule has 2 aromatic carbocycles. The van der Waals surface area contributed by atoms with Crippen LogP contribution in [-0.4, -0.2) is 40.5 Å². The number of hydrogen-bond acceptors (Lipinski definition) is 4. The summed E-state index contributed by atoms with van der Waals surface area (Å²) in [5, 5.41) is 2.85. The number of nitrogens with one attached hydrogen (secondary N) is 2. The van der Waals surface area contributed by atoms with Crippen molar-refractivity contribution >= 4 is 37.5 Å². The summed E-state index contributed by atoms with van der Waals surface area (Å²) < 4.78 is 27.9. The predicted octanol–water partition coefficient (Wildman–Crippen LogP) is 2.76. The third kappa shape index (κ3) is 5.31. The van der Waals surface area contributed by atoms with Crippen molar-refractivity contribution in [3.05, 3.63) is 58.6 Å². The van der Waals surface area contributed by atoms with Crippen molar-refractivity contribution in [2.75, 3.05) is 25.0 Å². The van der Waals surface area contributed by atoms with Crippen LogP contribution in [0.5, 0.6) is 0 Å². The number of rotatable bonds is 8. The topological polar surface area (TPSA) is 78.5 Å². The molecule has 6 nitrogen and oxygen atoms in total. The van der Waals surface area contributed by atoms with Crippen LogP contribution in [0.2, 0.25) is 0 Å². The second-order valence-electron chi connectivity index (χ2n) is 6.55. The summed E-state index contributed by atoms with van der Waals surface area (Å²) in [6, 6.07) is 14.4. The Balaban J connectivity index is 1.63. The first-order valence-electron chi connectivity index (χ1n) is 8.73. The standard InChI is InChI=1S/C19H22BrN3O3S/c1-23(15-5-3-2-4-6-15)12-11-21-19(24)17-13-16(9-10-18(17)20)27(25,26)22-14-7-8-14/h2-6,9-10,13-14,22H,7-8,11-12H2,1H3,(H,21,24). The van der Waals surface area contributed by atoms with Gasteiger partial charge >= 0.3 is 0 Å². The monoisotopic (exact) mass is 451 g/mol. The molecule has 27 heavy (non-hydrogen) atoms. The summed E-state index contributed by atoms with van der Waals surface area (Å²) in [5.41, 5.74) is 1.36. The first kappa shape index (κ1) is 19.9. The van der Waals surface area contributed by atoms with E-state index >= 15 is 0 Å². The molecule has 0 unspecified atom stereocenters. The molecule has 1 aliphatic rings. The van der Waals surface area contributed by atoms with E-state index in [2.05, 4.69) is 26.0 Å². The van der Waals surface area contributed by atoms with Crippen LogP contribution in [0, 0.1) is 0 Å². The molecule has 0 atom stereocenters. The molecule has 8 heteroatoms. The van der Waals surface area contributed by atoms with Gasteiger partial charge in [-0.15, -0.1) is 0 Å². The lowest BCUT2D eigenvalue weighted by Gasteiger charge is -2.19. The fourth-order valence-corrected chi connectivity index (χ4v) is 4.34. The number of para-hydroxylation sites is 1. The van der Waals surface area contributed by atoms with E-state index in [1.165, 1.54) is 12.1 Å². The highest BCUT2D eigenvalue weighted by atomic mass is 79.9. The molecule has 2 N–H and O–H groups in total. The summed E-state index contributed by atoms with van der Waals surface area (Å²) in [6.45, 7) is 1.07. The van der Waals surface area contributed by atoms with Crippen LogP contribution >= 0.6 is 15.9 Å². The van der Waals surface area contributed by atoms with Crippen molar-refractivity contribution in [3.63, 3.8) is 0 Å². The second kappa shape index (κ2) is 8.41. The van der Waals surface area contributed by atoms with Crippen molar-refractivity contribution in [3.8, 4) is 0 Å². The highest BCUT2D eigenvalue weighted by Gasteiger charge is 2.28. The summed E-state index contributed by atoms with van der Waals surface area (Å²) in [4.78, 5) is 14.7. The number of nitrogens with zero attached hydrogens (tertiary/aromatic N) is 1. The fourth-order valence-electron chi connectivity index (χ4n) is 2.58. The van der Waals surface area contributed by atoms with Gasteiger partial charge in [0.2, 0.25) is 10.0 Å².